The van der Waals surface area contributed by atoms with Crippen LogP contribution in [0.15, 0.2) is 42.2 Å². The fraction of sp³-hybridized carbons (Fsp3) is 0.263. The first-order chi connectivity index (χ1) is 13.9. The summed E-state index contributed by atoms with van der Waals surface area (Å²) >= 11 is 8.87. The number of anilines is 1. The normalized spacial score (nSPS) is 20.0. The lowest BCUT2D eigenvalue weighted by molar-refractivity contribution is -0.119. The summed E-state index contributed by atoms with van der Waals surface area (Å²) in [6, 6.07) is 5.96. The number of amides is 1. The molecule has 1 saturated heterocycles. The Hall–Kier alpha value is -1.91. The van der Waals surface area contributed by atoms with Gasteiger partial charge in [0.25, 0.3) is 0 Å². The Morgan fingerprint density at radius 2 is 2.21 bits per heavy atom. The van der Waals surface area contributed by atoms with Crippen molar-refractivity contribution >= 4 is 46.7 Å². The Morgan fingerprint density at radius 1 is 1.38 bits per heavy atom. The summed E-state index contributed by atoms with van der Waals surface area (Å²) < 4.78 is 20.5. The van der Waals surface area contributed by atoms with Gasteiger partial charge >= 0.3 is 0 Å². The molecular formula is C19H19ClFN5OS2. The number of halogens is 2. The molecule has 152 valence electrons. The number of benzene rings is 1. The minimum atomic E-state index is -0.513. The van der Waals surface area contributed by atoms with Gasteiger partial charge in [0.2, 0.25) is 5.91 Å². The van der Waals surface area contributed by atoms with Crippen LogP contribution in [0.4, 0.5) is 10.1 Å². The fourth-order valence-electron chi connectivity index (χ4n) is 3.11. The molecule has 0 bridgehead atoms. The van der Waals surface area contributed by atoms with Crippen molar-refractivity contribution in [3.8, 4) is 11.3 Å². The highest BCUT2D eigenvalue weighted by atomic mass is 35.5. The van der Waals surface area contributed by atoms with Crippen LogP contribution in [0.25, 0.3) is 11.3 Å². The molecule has 1 aliphatic rings. The van der Waals surface area contributed by atoms with E-state index >= 15 is 0 Å². The molecule has 0 spiro atoms. The molecule has 2 atom stereocenters. The van der Waals surface area contributed by atoms with Crippen LogP contribution < -0.4 is 10.0 Å². The second kappa shape index (κ2) is 8.45. The summed E-state index contributed by atoms with van der Waals surface area (Å²) in [5, 5.41) is 4.90. The molecule has 3 heterocycles. The smallest absolute Gasteiger partial charge is 0.242 e. The SMILES string of the molecule is CN1SNC(c2cc(-c3cn(C)cn3)cs2)CC1C(=O)Nc1ccc(F)c(Cl)c1. The summed E-state index contributed by atoms with van der Waals surface area (Å²) in [7, 11) is 3.81. The average molecular weight is 452 g/mol. The van der Waals surface area contributed by atoms with Crippen molar-refractivity contribution in [2.75, 3.05) is 12.4 Å². The number of nitrogens with one attached hydrogen (secondary N) is 2. The number of imidazole rings is 1. The van der Waals surface area contributed by atoms with Gasteiger partial charge < -0.3 is 9.88 Å². The first kappa shape index (κ1) is 20.4. The lowest BCUT2D eigenvalue weighted by Gasteiger charge is -2.35. The summed E-state index contributed by atoms with van der Waals surface area (Å²) in [6.45, 7) is 0. The van der Waals surface area contributed by atoms with E-state index in [1.165, 1.54) is 30.3 Å². The number of hydrogen-bond donors (Lipinski definition) is 2. The van der Waals surface area contributed by atoms with Gasteiger partial charge in [-0.2, -0.15) is 0 Å². The van der Waals surface area contributed by atoms with Crippen molar-refractivity contribution < 1.29 is 9.18 Å². The van der Waals surface area contributed by atoms with Crippen LogP contribution in [0.5, 0.6) is 0 Å². The molecule has 29 heavy (non-hydrogen) atoms. The van der Waals surface area contributed by atoms with E-state index in [2.05, 4.69) is 26.5 Å². The Kier molecular flexibility index (Phi) is 5.93. The molecule has 2 N–H and O–H groups in total. The zero-order valence-corrected chi connectivity index (χ0v) is 18.1. The molecule has 2 aromatic heterocycles. The summed E-state index contributed by atoms with van der Waals surface area (Å²) in [5.74, 6) is -0.670. The lowest BCUT2D eigenvalue weighted by Crippen LogP contribution is -2.45. The monoisotopic (exact) mass is 451 g/mol. The molecule has 0 saturated carbocycles. The third-order valence-corrected chi connectivity index (χ3v) is 6.96. The van der Waals surface area contributed by atoms with Crippen LogP contribution in [0.1, 0.15) is 17.3 Å². The third kappa shape index (κ3) is 4.49. The number of rotatable bonds is 4. The molecule has 1 amide bonds. The second-order valence-electron chi connectivity index (χ2n) is 6.84. The largest absolute Gasteiger partial charge is 0.340 e. The van der Waals surface area contributed by atoms with E-state index in [0.29, 0.717) is 12.1 Å². The Labute approximate surface area is 181 Å². The quantitative estimate of drug-likeness (QED) is 0.573. The number of thiophene rings is 1. The van der Waals surface area contributed by atoms with Gasteiger partial charge in [0, 0.05) is 46.9 Å². The number of aryl methyl sites for hydroxylation is 1. The van der Waals surface area contributed by atoms with Crippen LogP contribution in [0, 0.1) is 5.82 Å². The lowest BCUT2D eigenvalue weighted by atomic mass is 10.0. The highest BCUT2D eigenvalue weighted by Gasteiger charge is 2.33. The van der Waals surface area contributed by atoms with Crippen molar-refractivity contribution in [3.05, 3.63) is 57.9 Å². The van der Waals surface area contributed by atoms with Crippen LogP contribution in [0.2, 0.25) is 5.02 Å². The first-order valence-corrected chi connectivity index (χ1v) is 10.9. The third-order valence-electron chi connectivity index (χ3n) is 4.69. The molecule has 4 rings (SSSR count). The number of carbonyl (C=O) groups excluding carboxylic acids is 1. The molecule has 10 heteroatoms. The maximum Gasteiger partial charge on any atom is 0.242 e. The van der Waals surface area contributed by atoms with Gasteiger partial charge in [-0.15, -0.1) is 11.3 Å². The Bertz CT molecular complexity index is 1040. The van der Waals surface area contributed by atoms with Crippen LogP contribution in [-0.4, -0.2) is 32.9 Å². The van der Waals surface area contributed by atoms with E-state index < -0.39 is 5.82 Å². The summed E-state index contributed by atoms with van der Waals surface area (Å²) in [5.41, 5.74) is 2.47. The van der Waals surface area contributed by atoms with Crippen LogP contribution in [-0.2, 0) is 11.8 Å². The van der Waals surface area contributed by atoms with E-state index in [1.807, 2.05) is 29.2 Å². The molecular weight excluding hydrogens is 433 g/mol. The minimum Gasteiger partial charge on any atom is -0.340 e. The second-order valence-corrected chi connectivity index (χ2v) is 9.18. The summed E-state index contributed by atoms with van der Waals surface area (Å²) in [6.07, 6.45) is 4.36. The van der Waals surface area contributed by atoms with Crippen molar-refractivity contribution in [1.82, 2.24) is 18.6 Å². The van der Waals surface area contributed by atoms with Gasteiger partial charge in [-0.1, -0.05) is 11.6 Å². The van der Waals surface area contributed by atoms with Crippen molar-refractivity contribution in [2.24, 2.45) is 7.05 Å². The van der Waals surface area contributed by atoms with E-state index in [-0.39, 0.29) is 23.0 Å². The maximum absolute atomic E-state index is 13.3. The molecule has 0 aliphatic carbocycles. The van der Waals surface area contributed by atoms with E-state index in [4.69, 9.17) is 11.6 Å². The Balaban J connectivity index is 1.47. The number of aromatic nitrogens is 2. The molecule has 1 aliphatic heterocycles. The minimum absolute atomic E-state index is 0.0191. The van der Waals surface area contributed by atoms with Gasteiger partial charge in [-0.05, 0) is 37.7 Å². The predicted octanol–water partition coefficient (Wildman–Crippen LogP) is 4.48. The molecule has 1 aromatic carbocycles. The van der Waals surface area contributed by atoms with E-state index in [9.17, 15) is 9.18 Å². The molecule has 0 radical (unpaired) electrons. The molecule has 2 unspecified atom stereocenters. The Morgan fingerprint density at radius 3 is 2.93 bits per heavy atom. The van der Waals surface area contributed by atoms with Crippen molar-refractivity contribution in [1.29, 1.82) is 0 Å². The van der Waals surface area contributed by atoms with Gasteiger partial charge in [0.15, 0.2) is 0 Å². The van der Waals surface area contributed by atoms with E-state index in [0.717, 1.165) is 16.1 Å². The predicted molar refractivity (Wildman–Crippen MR) is 116 cm³/mol. The zero-order chi connectivity index (χ0) is 20.5. The van der Waals surface area contributed by atoms with Gasteiger partial charge in [0.05, 0.1) is 23.1 Å². The number of carbonyl (C=O) groups is 1. The average Bonchev–Trinajstić information content (AvgIpc) is 3.34. The van der Waals surface area contributed by atoms with Gasteiger partial charge in [-0.25, -0.2) is 18.4 Å². The van der Waals surface area contributed by atoms with E-state index in [1.54, 1.807) is 17.7 Å². The number of nitrogens with zero attached hydrogens (tertiary/aromatic N) is 3. The molecule has 6 nitrogen and oxygen atoms in total. The number of likely N-dealkylation sites (N-methyl/N-ethyl adjacent to an activating group) is 1. The first-order valence-electron chi connectivity index (χ1n) is 8.88. The molecule has 3 aromatic rings. The van der Waals surface area contributed by atoms with Crippen molar-refractivity contribution in [3.63, 3.8) is 0 Å². The highest BCUT2D eigenvalue weighted by molar-refractivity contribution is 7.95. The summed E-state index contributed by atoms with van der Waals surface area (Å²) in [4.78, 5) is 18.4. The van der Waals surface area contributed by atoms with Gasteiger partial charge in [0.1, 0.15) is 11.9 Å². The maximum atomic E-state index is 13.3. The number of hydrogen-bond acceptors (Lipinski definition) is 6. The van der Waals surface area contributed by atoms with Crippen molar-refractivity contribution in [2.45, 2.75) is 18.5 Å². The topological polar surface area (TPSA) is 62.2 Å². The highest BCUT2D eigenvalue weighted by Crippen LogP contribution is 2.36. The molecule has 1 fully saturated rings. The fourth-order valence-corrected chi connectivity index (χ4v) is 5.15. The van der Waals surface area contributed by atoms with Crippen LogP contribution in [0.3, 0.4) is 0 Å². The zero-order valence-electron chi connectivity index (χ0n) is 15.7. The standard InChI is InChI=1S/C19H19ClFN5OS2/c1-25-8-16(22-10-25)11-5-18(28-9-11)15-7-17(26(2)29-24-15)19(27)23-12-3-4-14(21)13(20)6-12/h3-6,8-10,15,17,24H,7H2,1-2H3,(H,23,27). The van der Waals surface area contributed by atoms with Crippen LogP contribution >= 0.6 is 35.1 Å². The van der Waals surface area contributed by atoms with Gasteiger partial charge in [-0.3, -0.25) is 4.79 Å².